The number of aryl methyl sites for hydroxylation is 1. The van der Waals surface area contributed by atoms with Crippen molar-refractivity contribution in [1.82, 2.24) is 14.9 Å². The third-order valence-corrected chi connectivity index (χ3v) is 7.50. The van der Waals surface area contributed by atoms with Gasteiger partial charge in [0.25, 0.3) is 0 Å². The van der Waals surface area contributed by atoms with E-state index in [1.165, 1.54) is 18.4 Å². The molecule has 0 spiro atoms. The molecule has 182 valence electrons. The molecule has 1 saturated carbocycles. The van der Waals surface area contributed by atoms with Crippen molar-refractivity contribution in [3.63, 3.8) is 0 Å². The van der Waals surface area contributed by atoms with Gasteiger partial charge < -0.3 is 19.5 Å². The minimum atomic E-state index is -0.0911. The van der Waals surface area contributed by atoms with Gasteiger partial charge in [-0.15, -0.1) is 0 Å². The standard InChI is InChI=1S/C30H30N4OS/c1-21-8-6-9-23(20-21)33-19-7-13-27(33)29-28(26-12-4-5-18-31-26)32-30(36)34(29)22-14-16-25(17-15-22)35-24-10-2-3-11-24/h4-9,12-20,24,28-29H,2-3,10-11H2,1H3,(H,32,36)/t28-,29-/m0/s1. The monoisotopic (exact) mass is 494 g/mol. The molecule has 0 amide bonds. The van der Waals surface area contributed by atoms with E-state index in [-0.39, 0.29) is 12.1 Å². The summed E-state index contributed by atoms with van der Waals surface area (Å²) in [5, 5.41) is 4.26. The van der Waals surface area contributed by atoms with Gasteiger partial charge in [-0.1, -0.05) is 18.2 Å². The molecule has 1 aliphatic carbocycles. The van der Waals surface area contributed by atoms with Crippen LogP contribution in [-0.2, 0) is 0 Å². The number of aromatic nitrogens is 2. The second-order valence-electron chi connectivity index (χ2n) is 9.66. The van der Waals surface area contributed by atoms with E-state index in [2.05, 4.69) is 94.6 Å². The first kappa shape index (κ1) is 22.8. The normalized spacial score (nSPS) is 20.0. The number of nitrogens with one attached hydrogen (secondary N) is 1. The molecule has 6 heteroatoms. The van der Waals surface area contributed by atoms with Gasteiger partial charge >= 0.3 is 0 Å². The molecule has 36 heavy (non-hydrogen) atoms. The quantitative estimate of drug-likeness (QED) is 0.303. The number of hydrogen-bond acceptors (Lipinski definition) is 3. The highest BCUT2D eigenvalue weighted by molar-refractivity contribution is 7.80. The van der Waals surface area contributed by atoms with Crippen LogP contribution in [0.4, 0.5) is 5.69 Å². The number of ether oxygens (including phenoxy) is 1. The molecule has 2 aliphatic rings. The maximum Gasteiger partial charge on any atom is 0.174 e. The Morgan fingerprint density at radius 2 is 1.75 bits per heavy atom. The van der Waals surface area contributed by atoms with Crippen molar-refractivity contribution in [2.24, 2.45) is 0 Å². The van der Waals surface area contributed by atoms with Crippen molar-refractivity contribution in [2.75, 3.05) is 4.90 Å². The zero-order valence-electron chi connectivity index (χ0n) is 20.4. The van der Waals surface area contributed by atoms with Crippen LogP contribution >= 0.6 is 12.2 Å². The number of nitrogens with zero attached hydrogens (tertiary/aromatic N) is 3. The first-order valence-electron chi connectivity index (χ1n) is 12.7. The lowest BCUT2D eigenvalue weighted by molar-refractivity contribution is 0.210. The molecule has 1 aliphatic heterocycles. The lowest BCUT2D eigenvalue weighted by Gasteiger charge is -2.29. The summed E-state index contributed by atoms with van der Waals surface area (Å²) in [5.41, 5.74) is 5.50. The van der Waals surface area contributed by atoms with E-state index in [4.69, 9.17) is 21.9 Å². The van der Waals surface area contributed by atoms with Gasteiger partial charge in [-0.3, -0.25) is 4.98 Å². The Morgan fingerprint density at radius 1 is 0.917 bits per heavy atom. The Morgan fingerprint density at radius 3 is 2.50 bits per heavy atom. The van der Waals surface area contributed by atoms with Gasteiger partial charge in [0.05, 0.1) is 17.8 Å². The van der Waals surface area contributed by atoms with Crippen LogP contribution in [0, 0.1) is 6.92 Å². The van der Waals surface area contributed by atoms with Crippen LogP contribution in [0.25, 0.3) is 5.69 Å². The van der Waals surface area contributed by atoms with Crippen molar-refractivity contribution in [2.45, 2.75) is 50.8 Å². The summed E-state index contributed by atoms with van der Waals surface area (Å²) >= 11 is 5.93. The summed E-state index contributed by atoms with van der Waals surface area (Å²) in [4.78, 5) is 6.91. The van der Waals surface area contributed by atoms with Crippen molar-refractivity contribution >= 4 is 23.0 Å². The maximum absolute atomic E-state index is 6.22. The Bertz CT molecular complexity index is 1340. The zero-order chi connectivity index (χ0) is 24.5. The van der Waals surface area contributed by atoms with Crippen LogP contribution < -0.4 is 15.0 Å². The molecular weight excluding hydrogens is 464 g/mol. The number of thiocarbonyl (C=S) groups is 1. The summed E-state index contributed by atoms with van der Waals surface area (Å²) in [6.45, 7) is 2.12. The van der Waals surface area contributed by atoms with Crippen molar-refractivity contribution in [1.29, 1.82) is 0 Å². The minimum absolute atomic E-state index is 0.0792. The van der Waals surface area contributed by atoms with Gasteiger partial charge in [0, 0.05) is 29.5 Å². The maximum atomic E-state index is 6.22. The predicted molar refractivity (Wildman–Crippen MR) is 148 cm³/mol. The van der Waals surface area contributed by atoms with Crippen LogP contribution in [0.3, 0.4) is 0 Å². The van der Waals surface area contributed by atoms with Gasteiger partial charge in [0.15, 0.2) is 5.11 Å². The van der Waals surface area contributed by atoms with Gasteiger partial charge in [-0.25, -0.2) is 0 Å². The molecule has 0 unspecified atom stereocenters. The molecule has 2 aromatic carbocycles. The number of pyridine rings is 1. The lowest BCUT2D eigenvalue weighted by atomic mass is 10.0. The minimum Gasteiger partial charge on any atom is -0.490 e. The van der Waals surface area contributed by atoms with Crippen molar-refractivity contribution in [3.8, 4) is 11.4 Å². The van der Waals surface area contributed by atoms with Crippen LogP contribution in [0.2, 0.25) is 0 Å². The topological polar surface area (TPSA) is 42.3 Å². The summed E-state index contributed by atoms with van der Waals surface area (Å²) in [6.07, 6.45) is 9.11. The number of rotatable bonds is 6. The van der Waals surface area contributed by atoms with Gasteiger partial charge in [0.2, 0.25) is 0 Å². The van der Waals surface area contributed by atoms with E-state index in [1.807, 2.05) is 18.3 Å². The largest absolute Gasteiger partial charge is 0.490 e. The van der Waals surface area contributed by atoms with Crippen molar-refractivity contribution in [3.05, 3.63) is 108 Å². The van der Waals surface area contributed by atoms with E-state index in [1.54, 1.807) is 0 Å². The van der Waals surface area contributed by atoms with Crippen LogP contribution in [-0.4, -0.2) is 20.8 Å². The molecular formula is C30H30N4OS. The second-order valence-corrected chi connectivity index (χ2v) is 10.0. The smallest absolute Gasteiger partial charge is 0.174 e. The lowest BCUT2D eigenvalue weighted by Crippen LogP contribution is -2.30. The van der Waals surface area contributed by atoms with E-state index >= 15 is 0 Å². The fourth-order valence-electron chi connectivity index (χ4n) is 5.47. The SMILES string of the molecule is Cc1cccc(-n2cccc2[C@H]2[C@H](c3ccccn3)NC(=S)N2c2ccc(OC3CCCC3)cc2)c1. The van der Waals surface area contributed by atoms with Crippen LogP contribution in [0.1, 0.15) is 54.7 Å². The molecule has 6 rings (SSSR count). The highest BCUT2D eigenvalue weighted by Gasteiger charge is 2.42. The summed E-state index contributed by atoms with van der Waals surface area (Å²) in [6, 6.07) is 27.1. The average Bonchev–Trinajstić information content (AvgIpc) is 3.65. The summed E-state index contributed by atoms with van der Waals surface area (Å²) in [7, 11) is 0. The Balaban J connectivity index is 1.40. The summed E-state index contributed by atoms with van der Waals surface area (Å²) in [5.74, 6) is 0.921. The molecule has 0 radical (unpaired) electrons. The highest BCUT2D eigenvalue weighted by atomic mass is 32.1. The molecule has 2 aromatic heterocycles. The third kappa shape index (κ3) is 4.37. The number of anilines is 1. The van der Waals surface area contributed by atoms with E-state index in [0.717, 1.165) is 41.4 Å². The molecule has 2 fully saturated rings. The van der Waals surface area contributed by atoms with E-state index in [0.29, 0.717) is 11.2 Å². The number of benzene rings is 2. The Hall–Kier alpha value is -3.64. The van der Waals surface area contributed by atoms with Crippen molar-refractivity contribution < 1.29 is 4.74 Å². The molecule has 3 heterocycles. The van der Waals surface area contributed by atoms with Gasteiger partial charge in [-0.05, 0) is 111 Å². The Labute approximate surface area is 217 Å². The van der Waals surface area contributed by atoms with Crippen LogP contribution in [0.5, 0.6) is 5.75 Å². The van der Waals surface area contributed by atoms with Gasteiger partial charge in [0.1, 0.15) is 11.8 Å². The van der Waals surface area contributed by atoms with E-state index in [9.17, 15) is 0 Å². The van der Waals surface area contributed by atoms with E-state index < -0.39 is 0 Å². The molecule has 0 bridgehead atoms. The summed E-state index contributed by atoms with van der Waals surface area (Å²) < 4.78 is 8.47. The second kappa shape index (κ2) is 9.78. The van der Waals surface area contributed by atoms with Gasteiger partial charge in [-0.2, -0.15) is 0 Å². The number of hydrogen-bond donors (Lipinski definition) is 1. The molecule has 1 N–H and O–H groups in total. The van der Waals surface area contributed by atoms with Crippen LogP contribution in [0.15, 0.2) is 91.3 Å². The molecule has 5 nitrogen and oxygen atoms in total. The molecule has 2 atom stereocenters. The fraction of sp³-hybridized carbons (Fsp3) is 0.267. The zero-order valence-corrected chi connectivity index (χ0v) is 21.2. The first-order chi connectivity index (χ1) is 17.7. The molecule has 1 saturated heterocycles. The predicted octanol–water partition coefficient (Wildman–Crippen LogP) is 6.68. The molecule has 4 aromatic rings. The fourth-order valence-corrected chi connectivity index (χ4v) is 5.81. The third-order valence-electron chi connectivity index (χ3n) is 7.18. The highest BCUT2D eigenvalue weighted by Crippen LogP contribution is 2.42. The average molecular weight is 495 g/mol. The Kier molecular flexibility index (Phi) is 6.20. The first-order valence-corrected chi connectivity index (χ1v) is 13.1.